The first-order valence-electron chi connectivity index (χ1n) is 7.02. The molecule has 0 spiro atoms. The first-order valence-corrected chi connectivity index (χ1v) is 9.61. The molecule has 0 aromatic heterocycles. The second-order valence-corrected chi connectivity index (χ2v) is 7.93. The van der Waals surface area contributed by atoms with E-state index in [2.05, 4.69) is 12.2 Å². The van der Waals surface area contributed by atoms with Crippen LogP contribution < -0.4 is 5.32 Å². The molecule has 0 atom stereocenters. The van der Waals surface area contributed by atoms with E-state index in [1.54, 1.807) is 16.4 Å². The number of hydrogen-bond acceptors (Lipinski definition) is 4. The predicted octanol–water partition coefficient (Wildman–Crippen LogP) is 1.58. The van der Waals surface area contributed by atoms with Gasteiger partial charge < -0.3 is 5.32 Å². The maximum atomic E-state index is 12.5. The average Bonchev–Trinajstić information content (AvgIpc) is 2.49. The minimum absolute atomic E-state index is 0.414. The van der Waals surface area contributed by atoms with E-state index in [1.165, 1.54) is 5.56 Å². The third kappa shape index (κ3) is 3.97. The Labute approximate surface area is 126 Å². The fourth-order valence-corrected chi connectivity index (χ4v) is 4.75. The quantitative estimate of drug-likeness (QED) is 0.810. The van der Waals surface area contributed by atoms with Crippen molar-refractivity contribution in [3.05, 3.63) is 29.8 Å². The van der Waals surface area contributed by atoms with Gasteiger partial charge in [-0.3, -0.25) is 0 Å². The molecule has 0 unspecified atom stereocenters. The molecule has 1 saturated heterocycles. The molecule has 6 heteroatoms. The third-order valence-electron chi connectivity index (χ3n) is 3.37. The fraction of sp³-hybridized carbons (Fsp3) is 0.571. The number of sulfonamides is 1. The van der Waals surface area contributed by atoms with E-state index in [4.69, 9.17) is 0 Å². The van der Waals surface area contributed by atoms with Crippen LogP contribution in [-0.2, 0) is 16.4 Å². The number of likely N-dealkylation sites (N-methyl/N-ethyl adjacent to an activating group) is 1. The summed E-state index contributed by atoms with van der Waals surface area (Å²) >= 11 is 1.81. The first-order chi connectivity index (χ1) is 9.64. The van der Waals surface area contributed by atoms with Crippen LogP contribution in [-0.4, -0.2) is 50.4 Å². The zero-order valence-electron chi connectivity index (χ0n) is 11.8. The van der Waals surface area contributed by atoms with Gasteiger partial charge in [-0.25, -0.2) is 8.42 Å². The highest BCUT2D eigenvalue weighted by Crippen LogP contribution is 2.20. The molecule has 20 heavy (non-hydrogen) atoms. The van der Waals surface area contributed by atoms with Crippen molar-refractivity contribution in [1.82, 2.24) is 9.62 Å². The predicted molar refractivity (Wildman–Crippen MR) is 84.8 cm³/mol. The lowest BCUT2D eigenvalue weighted by molar-refractivity contribution is 0.443. The van der Waals surface area contributed by atoms with Crippen LogP contribution in [0.25, 0.3) is 0 Å². The Morgan fingerprint density at radius 1 is 1.20 bits per heavy atom. The second-order valence-electron chi connectivity index (χ2n) is 4.76. The molecule has 1 aliphatic rings. The summed E-state index contributed by atoms with van der Waals surface area (Å²) in [6.07, 6.45) is 0.925. The minimum Gasteiger partial charge on any atom is -0.317 e. The molecule has 0 aliphatic carbocycles. The highest BCUT2D eigenvalue weighted by molar-refractivity contribution is 7.99. The van der Waals surface area contributed by atoms with Crippen LogP contribution in [0, 0.1) is 0 Å². The summed E-state index contributed by atoms with van der Waals surface area (Å²) < 4.78 is 26.5. The molecular formula is C14H22N2O2S2. The number of nitrogens with one attached hydrogen (secondary N) is 1. The summed E-state index contributed by atoms with van der Waals surface area (Å²) in [5, 5.41) is 3.26. The zero-order chi connectivity index (χ0) is 14.4. The summed E-state index contributed by atoms with van der Waals surface area (Å²) in [6.45, 7) is 5.20. The van der Waals surface area contributed by atoms with Gasteiger partial charge >= 0.3 is 0 Å². The fourth-order valence-electron chi connectivity index (χ4n) is 2.17. The van der Waals surface area contributed by atoms with Crippen molar-refractivity contribution >= 4 is 21.8 Å². The first kappa shape index (κ1) is 15.8. The van der Waals surface area contributed by atoms with Gasteiger partial charge in [-0.05, 0) is 37.2 Å². The standard InChI is InChI=1S/C14H22N2O2S2/c1-2-15-8-7-13-3-5-14(6-4-13)20(17,18)16-9-11-19-12-10-16/h3-6,15H,2,7-12H2,1H3. The summed E-state index contributed by atoms with van der Waals surface area (Å²) in [6, 6.07) is 7.31. The van der Waals surface area contributed by atoms with Crippen LogP contribution in [0.15, 0.2) is 29.2 Å². The smallest absolute Gasteiger partial charge is 0.243 e. The lowest BCUT2D eigenvalue weighted by atomic mass is 10.1. The number of rotatable bonds is 6. The molecule has 1 fully saturated rings. The topological polar surface area (TPSA) is 49.4 Å². The number of thioether (sulfide) groups is 1. The van der Waals surface area contributed by atoms with Crippen LogP contribution in [0.2, 0.25) is 0 Å². The normalized spacial score (nSPS) is 17.2. The van der Waals surface area contributed by atoms with Crippen molar-refractivity contribution in [1.29, 1.82) is 0 Å². The van der Waals surface area contributed by atoms with Gasteiger partial charge in [0.2, 0.25) is 10.0 Å². The van der Waals surface area contributed by atoms with Crippen molar-refractivity contribution in [3.63, 3.8) is 0 Å². The van der Waals surface area contributed by atoms with E-state index in [0.29, 0.717) is 18.0 Å². The van der Waals surface area contributed by atoms with Crippen LogP contribution in [0.4, 0.5) is 0 Å². The molecule has 2 rings (SSSR count). The van der Waals surface area contributed by atoms with Crippen molar-refractivity contribution in [2.24, 2.45) is 0 Å². The van der Waals surface area contributed by atoms with Gasteiger partial charge in [-0.2, -0.15) is 16.1 Å². The summed E-state index contributed by atoms with van der Waals surface area (Å²) in [5.41, 5.74) is 1.17. The van der Waals surface area contributed by atoms with Crippen LogP contribution in [0.3, 0.4) is 0 Å². The molecule has 1 heterocycles. The van der Waals surface area contributed by atoms with Gasteiger partial charge in [0, 0.05) is 24.6 Å². The largest absolute Gasteiger partial charge is 0.317 e. The van der Waals surface area contributed by atoms with Crippen molar-refractivity contribution in [2.75, 3.05) is 37.7 Å². The molecule has 0 radical (unpaired) electrons. The number of benzene rings is 1. The van der Waals surface area contributed by atoms with Crippen molar-refractivity contribution in [3.8, 4) is 0 Å². The average molecular weight is 314 g/mol. The van der Waals surface area contributed by atoms with Gasteiger partial charge in [-0.15, -0.1) is 0 Å². The van der Waals surface area contributed by atoms with Gasteiger partial charge in [0.25, 0.3) is 0 Å². The summed E-state index contributed by atoms with van der Waals surface area (Å²) in [5.74, 6) is 1.78. The van der Waals surface area contributed by atoms with Gasteiger partial charge in [-0.1, -0.05) is 19.1 Å². The molecule has 112 valence electrons. The maximum Gasteiger partial charge on any atom is 0.243 e. The Morgan fingerprint density at radius 2 is 1.85 bits per heavy atom. The van der Waals surface area contributed by atoms with Crippen molar-refractivity contribution < 1.29 is 8.42 Å². The van der Waals surface area contributed by atoms with Crippen molar-refractivity contribution in [2.45, 2.75) is 18.2 Å². The second kappa shape index (κ2) is 7.45. The maximum absolute atomic E-state index is 12.5. The molecule has 0 amide bonds. The Bertz CT molecular complexity index is 508. The zero-order valence-corrected chi connectivity index (χ0v) is 13.5. The molecule has 1 aromatic rings. The monoisotopic (exact) mass is 314 g/mol. The molecule has 4 nitrogen and oxygen atoms in total. The van der Waals surface area contributed by atoms with E-state index >= 15 is 0 Å². The lowest BCUT2D eigenvalue weighted by Gasteiger charge is -2.25. The summed E-state index contributed by atoms with van der Waals surface area (Å²) in [4.78, 5) is 0.414. The summed E-state index contributed by atoms with van der Waals surface area (Å²) in [7, 11) is -3.30. The highest BCUT2D eigenvalue weighted by atomic mass is 32.2. The minimum atomic E-state index is -3.30. The van der Waals surface area contributed by atoms with E-state index in [-0.39, 0.29) is 0 Å². The highest BCUT2D eigenvalue weighted by Gasteiger charge is 2.25. The SMILES string of the molecule is CCNCCc1ccc(S(=O)(=O)N2CCSCC2)cc1. The molecule has 1 N–H and O–H groups in total. The molecule has 1 aliphatic heterocycles. The Kier molecular flexibility index (Phi) is 5.89. The lowest BCUT2D eigenvalue weighted by Crippen LogP contribution is -2.37. The van der Waals surface area contributed by atoms with E-state index in [9.17, 15) is 8.42 Å². The Hall–Kier alpha value is -0.560. The van der Waals surface area contributed by atoms with E-state index in [0.717, 1.165) is 31.0 Å². The van der Waals surface area contributed by atoms with Gasteiger partial charge in [0.15, 0.2) is 0 Å². The van der Waals surface area contributed by atoms with Gasteiger partial charge in [0.05, 0.1) is 4.90 Å². The van der Waals surface area contributed by atoms with E-state index < -0.39 is 10.0 Å². The molecule has 0 saturated carbocycles. The molecule has 1 aromatic carbocycles. The Balaban J connectivity index is 2.04. The molecule has 0 bridgehead atoms. The van der Waals surface area contributed by atoms with E-state index in [1.807, 2.05) is 23.9 Å². The van der Waals surface area contributed by atoms with Crippen LogP contribution in [0.5, 0.6) is 0 Å². The van der Waals surface area contributed by atoms with Crippen LogP contribution >= 0.6 is 11.8 Å². The molecular weight excluding hydrogens is 292 g/mol. The third-order valence-corrected chi connectivity index (χ3v) is 6.23. The number of hydrogen-bond donors (Lipinski definition) is 1. The number of nitrogens with zero attached hydrogens (tertiary/aromatic N) is 1. The Morgan fingerprint density at radius 3 is 2.45 bits per heavy atom. The van der Waals surface area contributed by atoms with Crippen LogP contribution in [0.1, 0.15) is 12.5 Å². The van der Waals surface area contributed by atoms with Gasteiger partial charge in [0.1, 0.15) is 0 Å².